The topological polar surface area (TPSA) is 67.1 Å². The Morgan fingerprint density at radius 3 is 2.65 bits per heavy atom. The molecule has 0 aliphatic rings. The normalized spacial score (nSPS) is 12.5. The Balaban J connectivity index is 2.55. The summed E-state index contributed by atoms with van der Waals surface area (Å²) in [5, 5.41) is 14.8. The zero-order chi connectivity index (χ0) is 17.1. The monoisotopic (exact) mass is 322 g/mol. The van der Waals surface area contributed by atoms with Crippen molar-refractivity contribution in [3.63, 3.8) is 0 Å². The third kappa shape index (κ3) is 7.48. The maximum atomic E-state index is 4.64. The second-order valence-corrected chi connectivity index (χ2v) is 6.70. The number of aryl methyl sites for hydroxylation is 1. The number of unbranched alkanes of at least 4 members (excludes halogenated alkanes) is 2. The lowest BCUT2D eigenvalue weighted by Crippen LogP contribution is -2.42. The summed E-state index contributed by atoms with van der Waals surface area (Å²) < 4.78 is 2.02. The minimum Gasteiger partial charge on any atom is -0.357 e. The molecule has 0 unspecified atom stereocenters. The van der Waals surface area contributed by atoms with Crippen LogP contribution in [-0.4, -0.2) is 33.8 Å². The van der Waals surface area contributed by atoms with Crippen molar-refractivity contribution in [2.45, 2.75) is 73.4 Å². The van der Waals surface area contributed by atoms with Crippen molar-refractivity contribution in [3.05, 3.63) is 12.2 Å². The fourth-order valence-electron chi connectivity index (χ4n) is 2.42. The summed E-state index contributed by atoms with van der Waals surface area (Å²) in [5.74, 6) is 1.74. The standard InChI is InChI=1S/C17H34N6/c1-6-9-10-11-17(4,5)13-20-16(18-7-2)19-12-15-22-21-14-23(15)8-3/h14H,6-13H2,1-5H3,(H2,18,19,20). The second kappa shape index (κ2) is 10.2. The number of rotatable bonds is 10. The highest BCUT2D eigenvalue weighted by atomic mass is 15.3. The molecule has 0 aliphatic heterocycles. The van der Waals surface area contributed by atoms with Crippen molar-refractivity contribution in [1.29, 1.82) is 0 Å². The molecular weight excluding hydrogens is 288 g/mol. The molecule has 0 saturated carbocycles. The molecule has 1 aromatic heterocycles. The first-order chi connectivity index (χ1) is 11.0. The van der Waals surface area contributed by atoms with Gasteiger partial charge in [0.1, 0.15) is 12.9 Å². The van der Waals surface area contributed by atoms with Gasteiger partial charge in [0, 0.05) is 19.6 Å². The van der Waals surface area contributed by atoms with Crippen LogP contribution in [0.5, 0.6) is 0 Å². The molecule has 0 radical (unpaired) electrons. The van der Waals surface area contributed by atoms with Gasteiger partial charge in [-0.25, -0.2) is 4.99 Å². The third-order valence-corrected chi connectivity index (χ3v) is 3.95. The highest BCUT2D eigenvalue weighted by molar-refractivity contribution is 5.79. The van der Waals surface area contributed by atoms with Crippen LogP contribution in [0.3, 0.4) is 0 Å². The van der Waals surface area contributed by atoms with E-state index < -0.39 is 0 Å². The Kier molecular flexibility index (Phi) is 8.66. The zero-order valence-electron chi connectivity index (χ0n) is 15.5. The molecule has 0 amide bonds. The van der Waals surface area contributed by atoms with E-state index in [1.54, 1.807) is 6.33 Å². The van der Waals surface area contributed by atoms with Crippen LogP contribution in [0.1, 0.15) is 66.1 Å². The van der Waals surface area contributed by atoms with Gasteiger partial charge in [0.05, 0.1) is 0 Å². The van der Waals surface area contributed by atoms with Crippen LogP contribution in [0.4, 0.5) is 0 Å². The molecule has 0 spiro atoms. The van der Waals surface area contributed by atoms with Gasteiger partial charge in [0.15, 0.2) is 11.8 Å². The Morgan fingerprint density at radius 2 is 2.00 bits per heavy atom. The van der Waals surface area contributed by atoms with Crippen molar-refractivity contribution in [3.8, 4) is 0 Å². The third-order valence-electron chi connectivity index (χ3n) is 3.95. The molecule has 0 saturated heterocycles. The Bertz CT molecular complexity index is 463. The fourth-order valence-corrected chi connectivity index (χ4v) is 2.42. The first kappa shape index (κ1) is 19.5. The molecule has 6 heteroatoms. The van der Waals surface area contributed by atoms with E-state index in [2.05, 4.69) is 60.4 Å². The van der Waals surface area contributed by atoms with Gasteiger partial charge < -0.3 is 15.2 Å². The Labute approximate surface area is 141 Å². The summed E-state index contributed by atoms with van der Waals surface area (Å²) in [5.41, 5.74) is 0.273. The average molecular weight is 323 g/mol. The van der Waals surface area contributed by atoms with Crippen LogP contribution < -0.4 is 10.6 Å². The van der Waals surface area contributed by atoms with E-state index >= 15 is 0 Å². The maximum absolute atomic E-state index is 4.64. The van der Waals surface area contributed by atoms with E-state index in [-0.39, 0.29) is 5.41 Å². The first-order valence-electron chi connectivity index (χ1n) is 8.91. The van der Waals surface area contributed by atoms with Crippen LogP contribution in [0.25, 0.3) is 0 Å². The van der Waals surface area contributed by atoms with Crippen molar-refractivity contribution < 1.29 is 0 Å². The molecular formula is C17H34N6. The number of aliphatic imine (C=N–C) groups is 1. The van der Waals surface area contributed by atoms with Gasteiger partial charge in [-0.05, 0) is 25.7 Å². The first-order valence-corrected chi connectivity index (χ1v) is 8.91. The molecule has 0 atom stereocenters. The lowest BCUT2D eigenvalue weighted by Gasteiger charge is -2.26. The number of guanidine groups is 1. The SMILES string of the molecule is CCCCCC(C)(C)CNC(=NCc1nncn1CC)NCC. The zero-order valence-corrected chi connectivity index (χ0v) is 15.5. The minimum atomic E-state index is 0.273. The number of hydrogen-bond acceptors (Lipinski definition) is 3. The molecule has 0 aromatic carbocycles. The molecule has 132 valence electrons. The number of nitrogens with one attached hydrogen (secondary N) is 2. The van der Waals surface area contributed by atoms with E-state index in [1.165, 1.54) is 25.7 Å². The van der Waals surface area contributed by atoms with Crippen LogP contribution >= 0.6 is 0 Å². The summed E-state index contributed by atoms with van der Waals surface area (Å²) in [7, 11) is 0. The Hall–Kier alpha value is -1.59. The van der Waals surface area contributed by atoms with Crippen molar-refractivity contribution in [2.75, 3.05) is 13.1 Å². The maximum Gasteiger partial charge on any atom is 0.191 e. The highest BCUT2D eigenvalue weighted by Gasteiger charge is 2.17. The van der Waals surface area contributed by atoms with Gasteiger partial charge in [-0.1, -0.05) is 40.0 Å². The molecule has 0 fully saturated rings. The lowest BCUT2D eigenvalue weighted by atomic mass is 9.87. The van der Waals surface area contributed by atoms with E-state index in [9.17, 15) is 0 Å². The van der Waals surface area contributed by atoms with Crippen LogP contribution in [0.2, 0.25) is 0 Å². The summed E-state index contributed by atoms with van der Waals surface area (Å²) in [4.78, 5) is 4.64. The summed E-state index contributed by atoms with van der Waals surface area (Å²) >= 11 is 0. The van der Waals surface area contributed by atoms with E-state index in [0.717, 1.165) is 31.4 Å². The van der Waals surface area contributed by atoms with E-state index in [0.29, 0.717) is 6.54 Å². The predicted octanol–water partition coefficient (Wildman–Crippen LogP) is 2.96. The van der Waals surface area contributed by atoms with E-state index in [1.807, 2.05) is 4.57 Å². The van der Waals surface area contributed by atoms with Gasteiger partial charge in [0.2, 0.25) is 0 Å². The molecule has 0 aliphatic carbocycles. The van der Waals surface area contributed by atoms with E-state index in [4.69, 9.17) is 0 Å². The van der Waals surface area contributed by atoms with Crippen molar-refractivity contribution in [2.24, 2.45) is 10.4 Å². The molecule has 1 heterocycles. The quantitative estimate of drug-likeness (QED) is 0.395. The van der Waals surface area contributed by atoms with Gasteiger partial charge in [-0.15, -0.1) is 10.2 Å². The largest absolute Gasteiger partial charge is 0.357 e. The number of nitrogens with zero attached hydrogens (tertiary/aromatic N) is 4. The number of hydrogen-bond donors (Lipinski definition) is 2. The average Bonchev–Trinajstić information content (AvgIpc) is 2.98. The molecule has 1 aromatic rings. The molecule has 2 N–H and O–H groups in total. The minimum absolute atomic E-state index is 0.273. The van der Waals surface area contributed by atoms with Gasteiger partial charge in [0.25, 0.3) is 0 Å². The predicted molar refractivity (Wildman–Crippen MR) is 96.4 cm³/mol. The smallest absolute Gasteiger partial charge is 0.191 e. The lowest BCUT2D eigenvalue weighted by molar-refractivity contribution is 0.318. The second-order valence-electron chi connectivity index (χ2n) is 6.70. The summed E-state index contributed by atoms with van der Waals surface area (Å²) in [6.07, 6.45) is 6.86. The van der Waals surface area contributed by atoms with Crippen molar-refractivity contribution in [1.82, 2.24) is 25.4 Å². The van der Waals surface area contributed by atoms with Crippen LogP contribution in [-0.2, 0) is 13.1 Å². The molecule has 23 heavy (non-hydrogen) atoms. The van der Waals surface area contributed by atoms with Crippen LogP contribution in [0.15, 0.2) is 11.3 Å². The Morgan fingerprint density at radius 1 is 1.22 bits per heavy atom. The molecule has 6 nitrogen and oxygen atoms in total. The highest BCUT2D eigenvalue weighted by Crippen LogP contribution is 2.22. The number of aromatic nitrogens is 3. The van der Waals surface area contributed by atoms with Crippen LogP contribution in [0, 0.1) is 5.41 Å². The van der Waals surface area contributed by atoms with Crippen molar-refractivity contribution >= 4 is 5.96 Å². The molecule has 0 bridgehead atoms. The fraction of sp³-hybridized carbons (Fsp3) is 0.824. The van der Waals surface area contributed by atoms with Gasteiger partial charge >= 0.3 is 0 Å². The summed E-state index contributed by atoms with van der Waals surface area (Å²) in [6.45, 7) is 14.2. The molecule has 1 rings (SSSR count). The van der Waals surface area contributed by atoms with Gasteiger partial charge in [-0.3, -0.25) is 0 Å². The van der Waals surface area contributed by atoms with Gasteiger partial charge in [-0.2, -0.15) is 0 Å². The summed E-state index contributed by atoms with van der Waals surface area (Å²) in [6, 6.07) is 0.